The fourth-order valence-electron chi connectivity index (χ4n) is 3.93. The Hall–Kier alpha value is -3.71. The van der Waals surface area contributed by atoms with Gasteiger partial charge in [-0.2, -0.15) is 0 Å². The number of carbonyl (C=O) groups excluding carboxylic acids is 3. The molecule has 0 N–H and O–H groups in total. The minimum Gasteiger partial charge on any atom is -0.493 e. The van der Waals surface area contributed by atoms with E-state index in [1.165, 1.54) is 13.2 Å². The van der Waals surface area contributed by atoms with Crippen molar-refractivity contribution in [3.8, 4) is 17.2 Å². The van der Waals surface area contributed by atoms with Crippen molar-refractivity contribution in [3.05, 3.63) is 93.0 Å². The molecule has 7 heteroatoms. The summed E-state index contributed by atoms with van der Waals surface area (Å²) in [7, 11) is 1.44. The van der Waals surface area contributed by atoms with Crippen LogP contribution in [0.4, 0.5) is 0 Å². The van der Waals surface area contributed by atoms with Crippen molar-refractivity contribution in [2.24, 2.45) is 0 Å². The summed E-state index contributed by atoms with van der Waals surface area (Å²) in [5.74, 6) is -0.142. The first-order valence-electron chi connectivity index (χ1n) is 11.3. The second-order valence-corrected chi connectivity index (χ2v) is 10.2. The van der Waals surface area contributed by atoms with Gasteiger partial charge in [0.1, 0.15) is 5.75 Å². The van der Waals surface area contributed by atoms with Gasteiger partial charge < -0.3 is 14.2 Å². The second-order valence-electron chi connectivity index (χ2n) is 9.33. The minimum absolute atomic E-state index is 0.0838. The lowest BCUT2D eigenvalue weighted by Crippen LogP contribution is -2.20. The Balaban J connectivity index is 1.49. The van der Waals surface area contributed by atoms with Crippen LogP contribution in [0.3, 0.4) is 0 Å². The average molecular weight is 549 g/mol. The van der Waals surface area contributed by atoms with Gasteiger partial charge in [0.2, 0.25) is 0 Å². The van der Waals surface area contributed by atoms with E-state index in [1.807, 2.05) is 18.2 Å². The molecule has 6 nitrogen and oxygen atoms in total. The van der Waals surface area contributed by atoms with Crippen LogP contribution < -0.4 is 14.2 Å². The Morgan fingerprint density at radius 1 is 0.889 bits per heavy atom. The molecule has 3 aromatic carbocycles. The van der Waals surface area contributed by atoms with Crippen LogP contribution in [-0.2, 0) is 10.2 Å². The van der Waals surface area contributed by atoms with Crippen LogP contribution in [0.1, 0.15) is 52.6 Å². The van der Waals surface area contributed by atoms with E-state index >= 15 is 0 Å². The molecule has 0 fully saturated rings. The van der Waals surface area contributed by atoms with Crippen molar-refractivity contribution in [2.45, 2.75) is 26.2 Å². The monoisotopic (exact) mass is 548 g/mol. The lowest BCUT2D eigenvalue weighted by atomic mass is 9.86. The van der Waals surface area contributed by atoms with E-state index in [0.29, 0.717) is 22.4 Å². The maximum Gasteiger partial charge on any atom is 0.349 e. The number of halogens is 1. The van der Waals surface area contributed by atoms with Crippen LogP contribution >= 0.6 is 15.9 Å². The van der Waals surface area contributed by atoms with Gasteiger partial charge in [-0.15, -0.1) is 0 Å². The number of Topliss-reactive ketones (excluding diaryl/α,β-unsaturated/α-hetero) is 2. The predicted octanol–water partition coefficient (Wildman–Crippen LogP) is 6.20. The highest BCUT2D eigenvalue weighted by molar-refractivity contribution is 9.10. The Morgan fingerprint density at radius 2 is 1.53 bits per heavy atom. The zero-order valence-corrected chi connectivity index (χ0v) is 22.0. The standard InChI is InChI=1S/C29H25BrO6/c1-29(2,3)22-15-18(30)10-12-23(22)35-16-26(31)36-24-11-9-17(14-25(24)34-4)13-21-27(32)19-7-5-6-8-20(19)28(21)33/h5-15H,16H2,1-4H3. The van der Waals surface area contributed by atoms with Gasteiger partial charge in [0.05, 0.1) is 12.7 Å². The van der Waals surface area contributed by atoms with Gasteiger partial charge in [-0.3, -0.25) is 9.59 Å². The Labute approximate surface area is 218 Å². The molecule has 1 aliphatic carbocycles. The lowest BCUT2D eigenvalue weighted by molar-refractivity contribution is -0.136. The molecule has 0 saturated heterocycles. The molecule has 0 radical (unpaired) electrons. The molecule has 0 bridgehead atoms. The summed E-state index contributed by atoms with van der Waals surface area (Å²) in [6.45, 7) is 5.90. The van der Waals surface area contributed by atoms with Gasteiger partial charge in [0.15, 0.2) is 29.7 Å². The molecule has 0 aliphatic heterocycles. The van der Waals surface area contributed by atoms with E-state index < -0.39 is 5.97 Å². The van der Waals surface area contributed by atoms with Crippen molar-refractivity contribution in [3.63, 3.8) is 0 Å². The highest BCUT2D eigenvalue weighted by atomic mass is 79.9. The van der Waals surface area contributed by atoms with Crippen molar-refractivity contribution < 1.29 is 28.6 Å². The number of esters is 1. The maximum atomic E-state index is 12.7. The molecule has 1 aliphatic rings. The third-order valence-corrected chi connectivity index (χ3v) is 6.22. The van der Waals surface area contributed by atoms with E-state index in [0.717, 1.165) is 10.0 Å². The number of rotatable bonds is 6. The highest BCUT2D eigenvalue weighted by Gasteiger charge is 2.32. The number of allylic oxidation sites excluding steroid dienone is 1. The summed E-state index contributed by atoms with van der Waals surface area (Å²) in [4.78, 5) is 37.9. The lowest BCUT2D eigenvalue weighted by Gasteiger charge is -2.23. The number of carbonyl (C=O) groups is 3. The molecule has 184 valence electrons. The van der Waals surface area contributed by atoms with Crippen LogP contribution in [-0.4, -0.2) is 31.3 Å². The SMILES string of the molecule is COc1cc(C=C2C(=O)c3ccccc3C2=O)ccc1OC(=O)COc1ccc(Br)cc1C(C)(C)C. The second kappa shape index (κ2) is 10.1. The molecule has 0 saturated carbocycles. The van der Waals surface area contributed by atoms with E-state index in [1.54, 1.807) is 42.5 Å². The molecule has 0 heterocycles. The number of methoxy groups -OCH3 is 1. The predicted molar refractivity (Wildman–Crippen MR) is 140 cm³/mol. The van der Waals surface area contributed by atoms with Crippen LogP contribution in [0.15, 0.2) is 70.7 Å². The number of benzene rings is 3. The summed E-state index contributed by atoms with van der Waals surface area (Å²) in [5.41, 5.74) is 2.22. The average Bonchev–Trinajstić information content (AvgIpc) is 3.08. The summed E-state index contributed by atoms with van der Waals surface area (Å²) in [6.07, 6.45) is 1.52. The quantitative estimate of drug-likeness (QED) is 0.158. The highest BCUT2D eigenvalue weighted by Crippen LogP contribution is 2.34. The van der Waals surface area contributed by atoms with Gasteiger partial charge in [-0.1, -0.05) is 67.0 Å². The molecule has 0 aromatic heterocycles. The van der Waals surface area contributed by atoms with Gasteiger partial charge in [0, 0.05) is 21.2 Å². The van der Waals surface area contributed by atoms with Gasteiger partial charge in [0.25, 0.3) is 0 Å². The summed E-state index contributed by atoms with van der Waals surface area (Å²) < 4.78 is 17.6. The van der Waals surface area contributed by atoms with Crippen LogP contribution in [0.5, 0.6) is 17.2 Å². The van der Waals surface area contributed by atoms with Crippen LogP contribution in [0, 0.1) is 0 Å². The van der Waals surface area contributed by atoms with Gasteiger partial charge >= 0.3 is 5.97 Å². The molecule has 4 rings (SSSR count). The van der Waals surface area contributed by atoms with Gasteiger partial charge in [-0.25, -0.2) is 4.79 Å². The number of fused-ring (bicyclic) bond motifs is 1. The van der Waals surface area contributed by atoms with Crippen molar-refractivity contribution in [1.29, 1.82) is 0 Å². The summed E-state index contributed by atoms with van der Waals surface area (Å²) in [5, 5.41) is 0. The molecule has 0 unspecified atom stereocenters. The maximum absolute atomic E-state index is 12.7. The molecule has 0 spiro atoms. The number of ether oxygens (including phenoxy) is 3. The van der Waals surface area contributed by atoms with E-state index in [2.05, 4.69) is 36.7 Å². The van der Waals surface area contributed by atoms with E-state index in [9.17, 15) is 14.4 Å². The largest absolute Gasteiger partial charge is 0.493 e. The Bertz CT molecular complexity index is 1360. The summed E-state index contributed by atoms with van der Waals surface area (Å²) in [6, 6.07) is 17.2. The minimum atomic E-state index is -0.598. The van der Waals surface area contributed by atoms with Crippen LogP contribution in [0.25, 0.3) is 6.08 Å². The first-order valence-corrected chi connectivity index (χ1v) is 12.1. The van der Waals surface area contributed by atoms with Crippen molar-refractivity contribution in [1.82, 2.24) is 0 Å². The zero-order valence-electron chi connectivity index (χ0n) is 20.4. The zero-order chi connectivity index (χ0) is 26.0. The fourth-order valence-corrected chi connectivity index (χ4v) is 4.29. The molecular formula is C29H25BrO6. The third kappa shape index (κ3) is 5.26. The molecular weight excluding hydrogens is 524 g/mol. The molecule has 0 amide bonds. The normalized spacial score (nSPS) is 12.9. The third-order valence-electron chi connectivity index (χ3n) is 5.72. The fraction of sp³-hybridized carbons (Fsp3) is 0.207. The van der Waals surface area contributed by atoms with E-state index in [-0.39, 0.29) is 40.7 Å². The van der Waals surface area contributed by atoms with Crippen molar-refractivity contribution >= 4 is 39.5 Å². The first kappa shape index (κ1) is 25.4. The number of ketones is 2. The topological polar surface area (TPSA) is 78.9 Å². The van der Waals surface area contributed by atoms with Crippen LogP contribution in [0.2, 0.25) is 0 Å². The number of hydrogen-bond donors (Lipinski definition) is 0. The number of hydrogen-bond acceptors (Lipinski definition) is 6. The Morgan fingerprint density at radius 3 is 2.14 bits per heavy atom. The molecule has 0 atom stereocenters. The van der Waals surface area contributed by atoms with Gasteiger partial charge in [-0.05, 0) is 47.4 Å². The first-order chi connectivity index (χ1) is 17.1. The summed E-state index contributed by atoms with van der Waals surface area (Å²) >= 11 is 3.47. The smallest absolute Gasteiger partial charge is 0.349 e. The Kier molecular flexibility index (Phi) is 7.13. The molecule has 3 aromatic rings. The van der Waals surface area contributed by atoms with E-state index in [4.69, 9.17) is 14.2 Å². The molecule has 36 heavy (non-hydrogen) atoms. The van der Waals surface area contributed by atoms with Crippen molar-refractivity contribution in [2.75, 3.05) is 13.7 Å².